The summed E-state index contributed by atoms with van der Waals surface area (Å²) in [6, 6.07) is 6.27. The van der Waals surface area contributed by atoms with Gasteiger partial charge in [-0.15, -0.1) is 0 Å². The molecular formula is C12H10FNO4. The predicted octanol–water partition coefficient (Wildman–Crippen LogP) is 1.72. The van der Waals surface area contributed by atoms with Gasteiger partial charge >= 0.3 is 11.9 Å². The molecule has 0 aromatic heterocycles. The summed E-state index contributed by atoms with van der Waals surface area (Å²) in [6.07, 6.45) is 1.12. The van der Waals surface area contributed by atoms with Gasteiger partial charge in [-0.05, 0) is 24.6 Å². The Balaban J connectivity index is 0.000000331. The van der Waals surface area contributed by atoms with Crippen LogP contribution in [0.1, 0.15) is 11.1 Å². The molecule has 0 amide bonds. The van der Waals surface area contributed by atoms with E-state index in [-0.39, 0.29) is 5.82 Å². The maximum Gasteiger partial charge on any atom is 0.328 e. The first-order valence-corrected chi connectivity index (χ1v) is 4.67. The molecule has 0 heterocycles. The molecule has 2 N–H and O–H groups in total. The molecule has 1 aromatic carbocycles. The molecule has 0 fully saturated rings. The SMILES string of the molecule is Cc1ccc(C#N)cc1F.O=C(O)/C=C/C(=O)O. The number of rotatable bonds is 2. The number of nitrogens with zero attached hydrogens (tertiary/aromatic N) is 1. The van der Waals surface area contributed by atoms with E-state index in [1.807, 2.05) is 6.07 Å². The van der Waals surface area contributed by atoms with E-state index in [0.29, 0.717) is 23.3 Å². The maximum absolute atomic E-state index is 12.6. The lowest BCUT2D eigenvalue weighted by Crippen LogP contribution is -1.91. The molecule has 18 heavy (non-hydrogen) atoms. The molecule has 0 radical (unpaired) electrons. The van der Waals surface area contributed by atoms with Crippen LogP contribution in [-0.4, -0.2) is 22.2 Å². The molecule has 0 bridgehead atoms. The van der Waals surface area contributed by atoms with Crippen LogP contribution in [0.3, 0.4) is 0 Å². The van der Waals surface area contributed by atoms with Crippen LogP contribution in [0, 0.1) is 24.1 Å². The molecule has 0 unspecified atom stereocenters. The Labute approximate surface area is 102 Å². The Bertz CT molecular complexity index is 501. The maximum atomic E-state index is 12.6. The Morgan fingerprint density at radius 1 is 1.28 bits per heavy atom. The second kappa shape index (κ2) is 7.57. The summed E-state index contributed by atoms with van der Waals surface area (Å²) in [5.41, 5.74) is 0.933. The summed E-state index contributed by atoms with van der Waals surface area (Å²) in [6.45, 7) is 1.66. The molecule has 94 valence electrons. The van der Waals surface area contributed by atoms with Crippen LogP contribution >= 0.6 is 0 Å². The number of benzene rings is 1. The zero-order valence-corrected chi connectivity index (χ0v) is 9.42. The normalized spacial score (nSPS) is 9.17. The van der Waals surface area contributed by atoms with Crippen molar-refractivity contribution < 1.29 is 24.2 Å². The molecule has 1 aromatic rings. The Kier molecular flexibility index (Phi) is 6.44. The zero-order chi connectivity index (χ0) is 14.1. The molecule has 0 aliphatic heterocycles. The van der Waals surface area contributed by atoms with Crippen molar-refractivity contribution in [1.29, 1.82) is 5.26 Å². The first-order chi connectivity index (χ1) is 8.36. The minimum absolute atomic E-state index is 0.320. The van der Waals surface area contributed by atoms with E-state index < -0.39 is 11.9 Å². The molecule has 0 spiro atoms. The second-order valence-electron chi connectivity index (χ2n) is 3.09. The van der Waals surface area contributed by atoms with Crippen LogP contribution in [0.15, 0.2) is 30.4 Å². The average Bonchev–Trinajstić information content (AvgIpc) is 2.31. The molecule has 1 rings (SSSR count). The summed E-state index contributed by atoms with van der Waals surface area (Å²) in [5, 5.41) is 24.0. The van der Waals surface area contributed by atoms with Crippen LogP contribution in [-0.2, 0) is 9.59 Å². The number of carboxylic acid groups (broad SMARTS) is 2. The number of carbonyl (C=O) groups is 2. The largest absolute Gasteiger partial charge is 0.478 e. The summed E-state index contributed by atoms with van der Waals surface area (Å²) in [4.78, 5) is 19.1. The number of nitriles is 1. The van der Waals surface area contributed by atoms with Gasteiger partial charge in [0, 0.05) is 12.2 Å². The molecule has 0 aliphatic carbocycles. The number of aryl methyl sites for hydroxylation is 1. The molecular weight excluding hydrogens is 241 g/mol. The lowest BCUT2D eigenvalue weighted by Gasteiger charge is -1.93. The Morgan fingerprint density at radius 3 is 2.11 bits per heavy atom. The number of aliphatic carboxylic acids is 2. The van der Waals surface area contributed by atoms with Gasteiger partial charge in [0.15, 0.2) is 0 Å². The van der Waals surface area contributed by atoms with E-state index in [2.05, 4.69) is 0 Å². The van der Waals surface area contributed by atoms with Gasteiger partial charge in [-0.2, -0.15) is 5.26 Å². The van der Waals surface area contributed by atoms with Crippen molar-refractivity contribution in [3.63, 3.8) is 0 Å². The van der Waals surface area contributed by atoms with E-state index in [1.165, 1.54) is 6.07 Å². The summed E-state index contributed by atoms with van der Waals surface area (Å²) in [7, 11) is 0. The highest BCUT2D eigenvalue weighted by Crippen LogP contribution is 2.07. The molecule has 0 saturated heterocycles. The fourth-order valence-electron chi connectivity index (χ4n) is 0.805. The van der Waals surface area contributed by atoms with Gasteiger partial charge in [0.25, 0.3) is 0 Å². The highest BCUT2D eigenvalue weighted by Gasteiger charge is 1.96. The second-order valence-corrected chi connectivity index (χ2v) is 3.09. The van der Waals surface area contributed by atoms with Crippen molar-refractivity contribution in [1.82, 2.24) is 0 Å². The lowest BCUT2D eigenvalue weighted by atomic mass is 10.1. The molecule has 0 atom stereocenters. The van der Waals surface area contributed by atoms with Gasteiger partial charge in [0.1, 0.15) is 5.82 Å². The van der Waals surface area contributed by atoms with E-state index >= 15 is 0 Å². The monoisotopic (exact) mass is 251 g/mol. The van der Waals surface area contributed by atoms with Gasteiger partial charge in [0.2, 0.25) is 0 Å². The van der Waals surface area contributed by atoms with Crippen LogP contribution in [0.4, 0.5) is 4.39 Å². The van der Waals surface area contributed by atoms with Gasteiger partial charge in [-0.3, -0.25) is 0 Å². The predicted molar refractivity (Wildman–Crippen MR) is 60.3 cm³/mol. The summed E-state index contributed by atoms with van der Waals surface area (Å²) >= 11 is 0. The zero-order valence-electron chi connectivity index (χ0n) is 9.42. The molecule has 0 saturated carbocycles. The average molecular weight is 251 g/mol. The fourth-order valence-corrected chi connectivity index (χ4v) is 0.805. The summed E-state index contributed by atoms with van der Waals surface area (Å²) in [5.74, 6) is -2.83. The van der Waals surface area contributed by atoms with Gasteiger partial charge in [-0.25, -0.2) is 14.0 Å². The van der Waals surface area contributed by atoms with E-state index in [9.17, 15) is 14.0 Å². The highest BCUT2D eigenvalue weighted by atomic mass is 19.1. The van der Waals surface area contributed by atoms with Crippen LogP contribution in [0.25, 0.3) is 0 Å². The standard InChI is InChI=1S/C8H6FN.C4H4O4/c1-6-2-3-7(5-10)4-8(6)9;5-3(6)1-2-4(7)8/h2-4H,1H3;1-2H,(H,5,6)(H,7,8)/b;2-1+. The number of hydrogen-bond acceptors (Lipinski definition) is 3. The van der Waals surface area contributed by atoms with Crippen molar-refractivity contribution in [3.05, 3.63) is 47.3 Å². The highest BCUT2D eigenvalue weighted by molar-refractivity contribution is 5.89. The number of carboxylic acids is 2. The third-order valence-corrected chi connectivity index (χ3v) is 1.67. The van der Waals surface area contributed by atoms with Crippen molar-refractivity contribution in [3.8, 4) is 6.07 Å². The van der Waals surface area contributed by atoms with Crippen molar-refractivity contribution >= 4 is 11.9 Å². The van der Waals surface area contributed by atoms with Crippen LogP contribution < -0.4 is 0 Å². The van der Waals surface area contributed by atoms with E-state index in [0.717, 1.165) is 0 Å². The lowest BCUT2D eigenvalue weighted by molar-refractivity contribution is -0.134. The topological polar surface area (TPSA) is 98.4 Å². The van der Waals surface area contributed by atoms with E-state index in [4.69, 9.17) is 15.5 Å². The number of hydrogen-bond donors (Lipinski definition) is 2. The van der Waals surface area contributed by atoms with Crippen molar-refractivity contribution in [2.45, 2.75) is 6.92 Å². The Morgan fingerprint density at radius 2 is 1.78 bits per heavy atom. The van der Waals surface area contributed by atoms with Gasteiger partial charge < -0.3 is 10.2 Å². The van der Waals surface area contributed by atoms with Gasteiger partial charge in [0.05, 0.1) is 11.6 Å². The number of halogens is 1. The molecule has 0 aliphatic rings. The molecule has 6 heteroatoms. The van der Waals surface area contributed by atoms with Crippen molar-refractivity contribution in [2.75, 3.05) is 0 Å². The van der Waals surface area contributed by atoms with Crippen LogP contribution in [0.5, 0.6) is 0 Å². The first-order valence-electron chi connectivity index (χ1n) is 4.67. The smallest absolute Gasteiger partial charge is 0.328 e. The quantitative estimate of drug-likeness (QED) is 0.779. The van der Waals surface area contributed by atoms with Gasteiger partial charge in [-0.1, -0.05) is 6.07 Å². The Hall–Kier alpha value is -2.68. The third-order valence-electron chi connectivity index (χ3n) is 1.67. The van der Waals surface area contributed by atoms with Crippen molar-refractivity contribution in [2.24, 2.45) is 0 Å². The molecule has 5 nitrogen and oxygen atoms in total. The van der Waals surface area contributed by atoms with Crippen LogP contribution in [0.2, 0.25) is 0 Å². The summed E-state index contributed by atoms with van der Waals surface area (Å²) < 4.78 is 12.6. The minimum Gasteiger partial charge on any atom is -0.478 e. The first kappa shape index (κ1) is 15.3. The third kappa shape index (κ3) is 6.74. The van der Waals surface area contributed by atoms with E-state index in [1.54, 1.807) is 19.1 Å². The minimum atomic E-state index is -1.26. The fraction of sp³-hybridized carbons (Fsp3) is 0.0833.